The highest BCUT2D eigenvalue weighted by Crippen LogP contribution is 2.30. The van der Waals surface area contributed by atoms with E-state index in [9.17, 15) is 13.2 Å². The Bertz CT molecular complexity index is 553. The zero-order chi connectivity index (χ0) is 11.9. The maximum absolute atomic E-state index is 11.2. The van der Waals surface area contributed by atoms with E-state index in [1.807, 2.05) is 0 Å². The van der Waals surface area contributed by atoms with Crippen LogP contribution in [0.5, 0.6) is 0 Å². The van der Waals surface area contributed by atoms with Crippen LogP contribution in [0.15, 0.2) is 18.2 Å². The van der Waals surface area contributed by atoms with Gasteiger partial charge in [0.2, 0.25) is 15.0 Å². The highest BCUT2D eigenvalue weighted by molar-refractivity contribution is 8.13. The molecule has 16 heavy (non-hydrogen) atoms. The zero-order valence-electron chi connectivity index (χ0n) is 8.53. The lowest BCUT2D eigenvalue weighted by atomic mass is 10.1. The molecule has 0 saturated carbocycles. The number of amides is 1. The van der Waals surface area contributed by atoms with Crippen LogP contribution in [0.4, 0.5) is 5.69 Å². The van der Waals surface area contributed by atoms with Crippen molar-refractivity contribution < 1.29 is 13.2 Å². The molecule has 0 fully saturated rings. The summed E-state index contributed by atoms with van der Waals surface area (Å²) >= 11 is 0. The molecule has 0 radical (unpaired) electrons. The third kappa shape index (κ3) is 2.05. The van der Waals surface area contributed by atoms with Gasteiger partial charge in [-0.3, -0.25) is 4.79 Å². The maximum atomic E-state index is 11.2. The van der Waals surface area contributed by atoms with Gasteiger partial charge in [0.05, 0.1) is 11.7 Å². The second kappa shape index (κ2) is 3.75. The quantitative estimate of drug-likeness (QED) is 0.824. The van der Waals surface area contributed by atoms with E-state index in [0.29, 0.717) is 5.56 Å². The van der Waals surface area contributed by atoms with Gasteiger partial charge in [0.25, 0.3) is 0 Å². The van der Waals surface area contributed by atoms with E-state index in [-0.39, 0.29) is 12.3 Å². The molecule has 1 unspecified atom stereocenters. The van der Waals surface area contributed by atoms with Crippen LogP contribution in [0.3, 0.4) is 0 Å². The fourth-order valence-electron chi connectivity index (χ4n) is 1.66. The minimum Gasteiger partial charge on any atom is -0.326 e. The molecule has 1 aliphatic heterocycles. The van der Waals surface area contributed by atoms with Crippen molar-refractivity contribution in [2.75, 3.05) is 5.32 Å². The normalized spacial score (nSPS) is 16.8. The van der Waals surface area contributed by atoms with Crippen LogP contribution in [0.2, 0.25) is 0 Å². The summed E-state index contributed by atoms with van der Waals surface area (Å²) in [5, 5.41) is 1.91. The fraction of sp³-hybridized carbons (Fsp3) is 0.300. The van der Waals surface area contributed by atoms with Crippen molar-refractivity contribution in [3.8, 4) is 0 Å². The number of carbonyl (C=O) groups excluding carboxylic acids is 1. The van der Waals surface area contributed by atoms with Gasteiger partial charge < -0.3 is 5.32 Å². The van der Waals surface area contributed by atoms with Gasteiger partial charge in [-0.2, -0.15) is 0 Å². The number of nitrogens with one attached hydrogen (secondary N) is 1. The predicted molar refractivity (Wildman–Crippen MR) is 62.0 cm³/mol. The van der Waals surface area contributed by atoms with Crippen molar-refractivity contribution in [3.05, 3.63) is 29.3 Å². The highest BCUT2D eigenvalue weighted by atomic mass is 35.7. The summed E-state index contributed by atoms with van der Waals surface area (Å²) in [5.74, 6) is -0.0754. The molecule has 86 valence electrons. The van der Waals surface area contributed by atoms with Gasteiger partial charge >= 0.3 is 0 Å². The summed E-state index contributed by atoms with van der Waals surface area (Å²) in [6, 6.07) is 5.07. The smallest absolute Gasteiger partial charge is 0.239 e. The number of rotatable bonds is 2. The molecular formula is C10H10ClNO3S. The molecule has 0 bridgehead atoms. The van der Waals surface area contributed by atoms with E-state index < -0.39 is 14.3 Å². The Kier molecular flexibility index (Phi) is 2.67. The van der Waals surface area contributed by atoms with E-state index in [1.54, 1.807) is 18.2 Å². The van der Waals surface area contributed by atoms with Crippen molar-refractivity contribution in [1.29, 1.82) is 0 Å². The maximum Gasteiger partial charge on any atom is 0.239 e. The Morgan fingerprint density at radius 1 is 1.44 bits per heavy atom. The number of anilines is 1. The predicted octanol–water partition coefficient (Wildman–Crippen LogP) is 1.81. The first-order chi connectivity index (χ1) is 7.38. The van der Waals surface area contributed by atoms with Crippen LogP contribution in [-0.4, -0.2) is 14.3 Å². The zero-order valence-corrected chi connectivity index (χ0v) is 10.1. The van der Waals surface area contributed by atoms with E-state index in [1.165, 1.54) is 6.92 Å². The Morgan fingerprint density at radius 3 is 2.75 bits per heavy atom. The average Bonchev–Trinajstić information content (AvgIpc) is 2.54. The summed E-state index contributed by atoms with van der Waals surface area (Å²) in [7, 11) is 1.67. The molecule has 2 rings (SSSR count). The van der Waals surface area contributed by atoms with Crippen molar-refractivity contribution in [1.82, 2.24) is 0 Å². The number of carbonyl (C=O) groups is 1. The number of hydrogen-bond donors (Lipinski definition) is 1. The number of benzene rings is 1. The second-order valence-corrected chi connectivity index (χ2v) is 6.71. The monoisotopic (exact) mass is 259 g/mol. The van der Waals surface area contributed by atoms with Crippen LogP contribution in [0, 0.1) is 0 Å². The lowest BCUT2D eigenvalue weighted by Crippen LogP contribution is -2.03. The molecule has 1 amide bonds. The summed E-state index contributed by atoms with van der Waals surface area (Å²) in [6.45, 7) is 1.52. The third-order valence-electron chi connectivity index (χ3n) is 2.65. The fourth-order valence-corrected chi connectivity index (χ4v) is 2.44. The Labute approximate surface area is 98.0 Å². The molecule has 1 heterocycles. The number of fused-ring (bicyclic) bond motifs is 1. The number of halogens is 1. The van der Waals surface area contributed by atoms with Crippen molar-refractivity contribution in [3.63, 3.8) is 0 Å². The minimum atomic E-state index is -3.62. The Hall–Kier alpha value is -1.07. The van der Waals surface area contributed by atoms with Gasteiger partial charge in [-0.05, 0) is 24.1 Å². The van der Waals surface area contributed by atoms with Gasteiger partial charge in [0.1, 0.15) is 0 Å². The van der Waals surface area contributed by atoms with Gasteiger partial charge in [0, 0.05) is 16.4 Å². The van der Waals surface area contributed by atoms with E-state index in [0.717, 1.165) is 11.3 Å². The van der Waals surface area contributed by atoms with Crippen molar-refractivity contribution >= 4 is 31.3 Å². The first-order valence-corrected chi connectivity index (χ1v) is 7.11. The molecule has 1 aromatic rings. The topological polar surface area (TPSA) is 63.2 Å². The standard InChI is InChI=1S/C10H10ClNO3S/c1-6(16(11,14)15)7-2-3-9-8(4-7)5-10(13)12-9/h2-4,6H,5H2,1H3,(H,12,13). The van der Waals surface area contributed by atoms with Gasteiger partial charge in [0.15, 0.2) is 0 Å². The lowest BCUT2D eigenvalue weighted by molar-refractivity contribution is -0.115. The van der Waals surface area contributed by atoms with Gasteiger partial charge in [-0.1, -0.05) is 12.1 Å². The molecule has 0 aliphatic carbocycles. The van der Waals surface area contributed by atoms with Gasteiger partial charge in [-0.25, -0.2) is 8.42 Å². The van der Waals surface area contributed by atoms with Crippen LogP contribution in [-0.2, 0) is 20.3 Å². The highest BCUT2D eigenvalue weighted by Gasteiger charge is 2.23. The molecule has 1 aliphatic rings. The van der Waals surface area contributed by atoms with E-state index in [4.69, 9.17) is 10.7 Å². The second-order valence-electron chi connectivity index (χ2n) is 3.76. The Morgan fingerprint density at radius 2 is 2.12 bits per heavy atom. The van der Waals surface area contributed by atoms with Crippen LogP contribution in [0.1, 0.15) is 23.3 Å². The van der Waals surface area contributed by atoms with Crippen molar-refractivity contribution in [2.24, 2.45) is 0 Å². The lowest BCUT2D eigenvalue weighted by Gasteiger charge is -2.09. The average molecular weight is 260 g/mol. The molecule has 1 atom stereocenters. The van der Waals surface area contributed by atoms with Crippen LogP contribution >= 0.6 is 10.7 Å². The SMILES string of the molecule is CC(c1ccc2c(c1)CC(=O)N2)S(=O)(=O)Cl. The molecule has 4 nitrogen and oxygen atoms in total. The first-order valence-electron chi connectivity index (χ1n) is 4.74. The summed E-state index contributed by atoms with van der Waals surface area (Å²) in [5.41, 5.74) is 2.16. The molecule has 0 spiro atoms. The van der Waals surface area contributed by atoms with Crippen molar-refractivity contribution in [2.45, 2.75) is 18.6 Å². The molecule has 0 aromatic heterocycles. The Balaban J connectivity index is 2.40. The molecule has 6 heteroatoms. The van der Waals surface area contributed by atoms with E-state index >= 15 is 0 Å². The summed E-state index contributed by atoms with van der Waals surface area (Å²) in [4.78, 5) is 11.1. The summed E-state index contributed by atoms with van der Waals surface area (Å²) < 4.78 is 22.4. The first kappa shape index (κ1) is 11.4. The molecule has 0 saturated heterocycles. The number of hydrogen-bond acceptors (Lipinski definition) is 3. The molecular weight excluding hydrogens is 250 g/mol. The molecule has 1 aromatic carbocycles. The molecule has 1 N–H and O–H groups in total. The van der Waals surface area contributed by atoms with Gasteiger partial charge in [-0.15, -0.1) is 0 Å². The summed E-state index contributed by atoms with van der Waals surface area (Å²) in [6.07, 6.45) is 0.290. The largest absolute Gasteiger partial charge is 0.326 e. The van der Waals surface area contributed by atoms with Crippen LogP contribution in [0.25, 0.3) is 0 Å². The minimum absolute atomic E-state index is 0.0754. The van der Waals surface area contributed by atoms with Crippen LogP contribution < -0.4 is 5.32 Å². The van der Waals surface area contributed by atoms with E-state index in [2.05, 4.69) is 5.32 Å². The third-order valence-corrected chi connectivity index (χ3v) is 4.56.